The van der Waals surface area contributed by atoms with Gasteiger partial charge in [0.25, 0.3) is 0 Å². The van der Waals surface area contributed by atoms with E-state index in [0.717, 1.165) is 8.95 Å². The molecule has 2 aromatic rings. The normalized spacial score (nSPS) is 14.1. The van der Waals surface area contributed by atoms with Crippen molar-refractivity contribution in [2.45, 2.75) is 25.9 Å². The Balaban J connectivity index is 2.06. The number of nitrogens with one attached hydrogen (secondary N) is 1. The minimum absolute atomic E-state index is 0.316. The van der Waals surface area contributed by atoms with Crippen molar-refractivity contribution in [1.82, 2.24) is 5.32 Å². The predicted octanol–water partition coefficient (Wildman–Crippen LogP) is 5.62. The average Bonchev–Trinajstić information content (AvgIpc) is 2.39. The summed E-state index contributed by atoms with van der Waals surface area (Å²) in [6.45, 7) is 4.38. The lowest BCUT2D eigenvalue weighted by molar-refractivity contribution is 0.494. The fourth-order valence-corrected chi connectivity index (χ4v) is 2.78. The quantitative estimate of drug-likeness (QED) is 0.723. The van der Waals surface area contributed by atoms with Crippen molar-refractivity contribution in [2.75, 3.05) is 0 Å². The minimum Gasteiger partial charge on any atom is -0.304 e. The number of rotatable bonds is 4. The van der Waals surface area contributed by atoms with E-state index in [1.54, 1.807) is 0 Å². The maximum absolute atomic E-state index is 3.62. The van der Waals surface area contributed by atoms with Crippen molar-refractivity contribution in [3.8, 4) is 0 Å². The molecule has 0 fully saturated rings. The van der Waals surface area contributed by atoms with Gasteiger partial charge < -0.3 is 5.32 Å². The molecule has 0 aromatic heterocycles. The maximum atomic E-state index is 3.62. The van der Waals surface area contributed by atoms with Crippen LogP contribution in [0.1, 0.15) is 37.1 Å². The van der Waals surface area contributed by atoms with E-state index in [4.69, 9.17) is 0 Å². The van der Waals surface area contributed by atoms with E-state index < -0.39 is 0 Å². The van der Waals surface area contributed by atoms with Crippen LogP contribution in [0.15, 0.2) is 57.5 Å². The van der Waals surface area contributed by atoms with Crippen molar-refractivity contribution in [3.05, 3.63) is 68.6 Å². The molecule has 0 bridgehead atoms. The molecule has 0 aliphatic carbocycles. The van der Waals surface area contributed by atoms with Crippen LogP contribution in [-0.2, 0) is 0 Å². The Labute approximate surface area is 131 Å². The van der Waals surface area contributed by atoms with Crippen molar-refractivity contribution in [1.29, 1.82) is 0 Å². The zero-order chi connectivity index (χ0) is 13.8. The van der Waals surface area contributed by atoms with Gasteiger partial charge in [0.1, 0.15) is 0 Å². The summed E-state index contributed by atoms with van der Waals surface area (Å²) in [6, 6.07) is 17.5. The van der Waals surface area contributed by atoms with E-state index in [2.05, 4.69) is 93.5 Å². The third-order valence-electron chi connectivity index (χ3n) is 3.22. The summed E-state index contributed by atoms with van der Waals surface area (Å²) in [5.74, 6) is 0. The molecular weight excluding hydrogens is 366 g/mol. The second-order valence-electron chi connectivity index (χ2n) is 4.72. The smallest absolute Gasteiger partial charge is 0.0297 e. The molecule has 0 radical (unpaired) electrons. The first-order chi connectivity index (χ1) is 9.06. The van der Waals surface area contributed by atoms with Crippen molar-refractivity contribution >= 4 is 31.9 Å². The molecule has 0 aliphatic rings. The lowest BCUT2D eigenvalue weighted by Gasteiger charge is -2.21. The van der Waals surface area contributed by atoms with Gasteiger partial charge in [0.15, 0.2) is 0 Å². The largest absolute Gasteiger partial charge is 0.304 e. The molecule has 0 aliphatic heterocycles. The Hall–Kier alpha value is -0.640. The van der Waals surface area contributed by atoms with Gasteiger partial charge in [-0.25, -0.2) is 0 Å². The van der Waals surface area contributed by atoms with E-state index >= 15 is 0 Å². The van der Waals surface area contributed by atoms with Crippen LogP contribution in [0, 0.1) is 0 Å². The Morgan fingerprint density at radius 3 is 2.05 bits per heavy atom. The fourth-order valence-electron chi connectivity index (χ4n) is 2.09. The van der Waals surface area contributed by atoms with Gasteiger partial charge in [-0.15, -0.1) is 0 Å². The first kappa shape index (κ1) is 14.8. The topological polar surface area (TPSA) is 12.0 Å². The maximum Gasteiger partial charge on any atom is 0.0297 e. The molecule has 0 amide bonds. The van der Waals surface area contributed by atoms with E-state index in [9.17, 15) is 0 Å². The molecule has 2 rings (SSSR count). The zero-order valence-electron chi connectivity index (χ0n) is 11.0. The second kappa shape index (κ2) is 6.69. The first-order valence-corrected chi connectivity index (χ1v) is 7.92. The molecule has 2 aromatic carbocycles. The summed E-state index contributed by atoms with van der Waals surface area (Å²) in [4.78, 5) is 0. The summed E-state index contributed by atoms with van der Waals surface area (Å²) < 4.78 is 2.23. The number of hydrogen-bond donors (Lipinski definition) is 1. The molecule has 19 heavy (non-hydrogen) atoms. The van der Waals surface area contributed by atoms with Gasteiger partial charge in [-0.05, 0) is 49.2 Å². The van der Waals surface area contributed by atoms with Crippen LogP contribution in [0.2, 0.25) is 0 Å². The molecule has 0 heterocycles. The predicted molar refractivity (Wildman–Crippen MR) is 88.2 cm³/mol. The number of hydrogen-bond acceptors (Lipinski definition) is 1. The fraction of sp³-hybridized carbons (Fsp3) is 0.250. The van der Waals surface area contributed by atoms with Gasteiger partial charge in [-0.3, -0.25) is 0 Å². The van der Waals surface area contributed by atoms with Crippen LogP contribution in [0.25, 0.3) is 0 Å². The second-order valence-corrected chi connectivity index (χ2v) is 6.55. The average molecular weight is 383 g/mol. The first-order valence-electron chi connectivity index (χ1n) is 6.33. The summed E-state index contributed by atoms with van der Waals surface area (Å²) in [6.07, 6.45) is 0. The summed E-state index contributed by atoms with van der Waals surface area (Å²) in [5, 5.41) is 3.62. The Morgan fingerprint density at radius 2 is 1.42 bits per heavy atom. The molecule has 2 atom stereocenters. The monoisotopic (exact) mass is 381 g/mol. The molecule has 1 unspecified atom stereocenters. The van der Waals surface area contributed by atoms with E-state index in [1.807, 2.05) is 6.07 Å². The third-order valence-corrected chi connectivity index (χ3v) is 4.24. The molecule has 0 saturated carbocycles. The highest BCUT2D eigenvalue weighted by Crippen LogP contribution is 2.22. The molecule has 0 spiro atoms. The standard InChI is InChI=1S/C16H17Br2N/c1-11(13-6-8-15(17)9-7-13)19-12(2)14-4-3-5-16(18)10-14/h3-12,19H,1-2H3/t11-,12?/m1/s1. The van der Waals surface area contributed by atoms with Crippen molar-refractivity contribution in [3.63, 3.8) is 0 Å². The Kier molecular flexibility index (Phi) is 5.20. The summed E-state index contributed by atoms with van der Waals surface area (Å²) >= 11 is 6.98. The van der Waals surface area contributed by atoms with Crippen LogP contribution >= 0.6 is 31.9 Å². The van der Waals surface area contributed by atoms with Gasteiger partial charge in [0, 0.05) is 21.0 Å². The van der Waals surface area contributed by atoms with E-state index in [-0.39, 0.29) is 0 Å². The van der Waals surface area contributed by atoms with Crippen LogP contribution in [0.5, 0.6) is 0 Å². The van der Waals surface area contributed by atoms with Gasteiger partial charge in [0.05, 0.1) is 0 Å². The van der Waals surface area contributed by atoms with Crippen molar-refractivity contribution in [2.24, 2.45) is 0 Å². The van der Waals surface area contributed by atoms with Crippen LogP contribution in [0.4, 0.5) is 0 Å². The molecule has 1 N–H and O–H groups in total. The summed E-state index contributed by atoms with van der Waals surface area (Å²) in [7, 11) is 0. The zero-order valence-corrected chi connectivity index (χ0v) is 14.2. The van der Waals surface area contributed by atoms with E-state index in [0.29, 0.717) is 12.1 Å². The van der Waals surface area contributed by atoms with Gasteiger partial charge in [-0.2, -0.15) is 0 Å². The highest BCUT2D eigenvalue weighted by Gasteiger charge is 2.11. The SMILES string of the molecule is CC(N[C@H](C)c1ccc(Br)cc1)c1cccc(Br)c1. The third kappa shape index (κ3) is 4.16. The highest BCUT2D eigenvalue weighted by molar-refractivity contribution is 9.10. The Morgan fingerprint density at radius 1 is 0.789 bits per heavy atom. The van der Waals surface area contributed by atoms with Crippen LogP contribution < -0.4 is 5.32 Å². The Bertz CT molecular complexity index is 537. The number of benzene rings is 2. The minimum atomic E-state index is 0.316. The summed E-state index contributed by atoms with van der Waals surface area (Å²) in [5.41, 5.74) is 2.59. The molecular formula is C16H17Br2N. The molecule has 100 valence electrons. The highest BCUT2D eigenvalue weighted by atomic mass is 79.9. The van der Waals surface area contributed by atoms with E-state index in [1.165, 1.54) is 11.1 Å². The molecule has 0 saturated heterocycles. The lowest BCUT2D eigenvalue weighted by Crippen LogP contribution is -2.22. The molecule has 3 heteroatoms. The molecule has 1 nitrogen and oxygen atoms in total. The lowest BCUT2D eigenvalue weighted by atomic mass is 10.0. The van der Waals surface area contributed by atoms with Crippen LogP contribution in [0.3, 0.4) is 0 Å². The van der Waals surface area contributed by atoms with Gasteiger partial charge >= 0.3 is 0 Å². The number of halogens is 2. The van der Waals surface area contributed by atoms with Gasteiger partial charge in [-0.1, -0.05) is 56.1 Å². The van der Waals surface area contributed by atoms with Crippen LogP contribution in [-0.4, -0.2) is 0 Å². The van der Waals surface area contributed by atoms with Crippen molar-refractivity contribution < 1.29 is 0 Å². The van der Waals surface area contributed by atoms with Gasteiger partial charge in [0.2, 0.25) is 0 Å².